The predicted molar refractivity (Wildman–Crippen MR) is 102 cm³/mol. The maximum Gasteiger partial charge on any atom is 0.161 e. The summed E-state index contributed by atoms with van der Waals surface area (Å²) in [7, 11) is 3.25. The number of aromatic nitrogens is 3. The molecule has 0 amide bonds. The molecule has 0 atom stereocenters. The second kappa shape index (κ2) is 6.40. The molecule has 4 aromatic rings. The van der Waals surface area contributed by atoms with E-state index in [9.17, 15) is 0 Å². The van der Waals surface area contributed by atoms with E-state index in [1.807, 2.05) is 36.7 Å². The van der Waals surface area contributed by atoms with Crippen molar-refractivity contribution >= 4 is 16.9 Å². The minimum absolute atomic E-state index is 0.498. The van der Waals surface area contributed by atoms with Crippen LogP contribution in [0.3, 0.4) is 0 Å². The lowest BCUT2D eigenvalue weighted by Crippen LogP contribution is -1.91. The number of hydrogen-bond donors (Lipinski definition) is 2. The van der Waals surface area contributed by atoms with Gasteiger partial charge in [0.15, 0.2) is 11.5 Å². The van der Waals surface area contributed by atoms with Gasteiger partial charge in [-0.15, -0.1) is 0 Å². The van der Waals surface area contributed by atoms with Crippen molar-refractivity contribution in [3.8, 4) is 33.8 Å². The molecule has 6 heteroatoms. The van der Waals surface area contributed by atoms with Crippen molar-refractivity contribution < 1.29 is 9.47 Å². The van der Waals surface area contributed by atoms with Crippen LogP contribution < -0.4 is 15.2 Å². The normalized spacial score (nSPS) is 10.8. The number of anilines is 1. The van der Waals surface area contributed by atoms with Gasteiger partial charge in [-0.1, -0.05) is 6.07 Å². The number of ether oxygens (including phenoxy) is 2. The summed E-state index contributed by atoms with van der Waals surface area (Å²) in [6, 6.07) is 11.7. The molecule has 0 saturated carbocycles. The second-order valence-corrected chi connectivity index (χ2v) is 5.86. The van der Waals surface area contributed by atoms with E-state index in [4.69, 9.17) is 15.2 Å². The highest BCUT2D eigenvalue weighted by Crippen LogP contribution is 2.34. The predicted octanol–water partition coefficient (Wildman–Crippen LogP) is 3.89. The third kappa shape index (κ3) is 2.71. The summed E-state index contributed by atoms with van der Waals surface area (Å²) in [4.78, 5) is 11.9. The summed E-state index contributed by atoms with van der Waals surface area (Å²) in [5.74, 6) is 1.88. The first-order valence-corrected chi connectivity index (χ1v) is 8.11. The molecule has 0 saturated heterocycles. The molecule has 0 aliphatic heterocycles. The van der Waals surface area contributed by atoms with Crippen molar-refractivity contribution in [2.75, 3.05) is 20.0 Å². The lowest BCUT2D eigenvalue weighted by Gasteiger charge is -2.10. The molecule has 0 fully saturated rings. The van der Waals surface area contributed by atoms with E-state index in [0.717, 1.165) is 33.3 Å². The molecule has 0 aliphatic rings. The van der Waals surface area contributed by atoms with Crippen LogP contribution in [0.5, 0.6) is 11.5 Å². The molecule has 0 bridgehead atoms. The van der Waals surface area contributed by atoms with Crippen LogP contribution in [0, 0.1) is 0 Å². The smallest absolute Gasteiger partial charge is 0.161 e. The fraction of sp³-hybridized carbons (Fsp3) is 0.100. The zero-order chi connectivity index (χ0) is 18.1. The van der Waals surface area contributed by atoms with Crippen molar-refractivity contribution in [1.82, 2.24) is 15.0 Å². The number of rotatable bonds is 4. The van der Waals surface area contributed by atoms with E-state index in [1.54, 1.807) is 26.5 Å². The summed E-state index contributed by atoms with van der Waals surface area (Å²) in [6.07, 6.45) is 5.54. The Morgan fingerprint density at radius 2 is 1.62 bits per heavy atom. The quantitative estimate of drug-likeness (QED) is 0.585. The highest BCUT2D eigenvalue weighted by Gasteiger charge is 2.11. The van der Waals surface area contributed by atoms with E-state index in [1.165, 1.54) is 0 Å². The van der Waals surface area contributed by atoms with Crippen molar-refractivity contribution in [3.63, 3.8) is 0 Å². The summed E-state index contributed by atoms with van der Waals surface area (Å²) in [5, 5.41) is 1.02. The van der Waals surface area contributed by atoms with Gasteiger partial charge in [0.2, 0.25) is 0 Å². The molecule has 26 heavy (non-hydrogen) atoms. The Bertz CT molecular complexity index is 1070. The standard InChI is InChI=1S/C20H18N4O2/c1-25-17-5-3-12(8-18(17)26-2)14-7-15-16(11-24-20(15)23-10-14)13-4-6-19(21)22-9-13/h3-11H,1-2H3,(H2,21,22)(H,23,24). The van der Waals surface area contributed by atoms with Crippen LogP contribution >= 0.6 is 0 Å². The number of nitrogens with one attached hydrogen (secondary N) is 1. The number of aromatic amines is 1. The van der Waals surface area contributed by atoms with Crippen LogP contribution in [-0.4, -0.2) is 29.2 Å². The SMILES string of the molecule is COc1ccc(-c2cnc3[nH]cc(-c4ccc(N)nc4)c3c2)cc1OC. The first-order valence-electron chi connectivity index (χ1n) is 8.11. The molecule has 4 rings (SSSR count). The van der Waals surface area contributed by atoms with Crippen LogP contribution in [0.4, 0.5) is 5.82 Å². The Balaban J connectivity index is 1.83. The Hall–Kier alpha value is -3.54. The van der Waals surface area contributed by atoms with Crippen molar-refractivity contribution in [1.29, 1.82) is 0 Å². The fourth-order valence-electron chi connectivity index (χ4n) is 2.98. The van der Waals surface area contributed by atoms with Gasteiger partial charge in [-0.3, -0.25) is 0 Å². The van der Waals surface area contributed by atoms with Crippen molar-refractivity contribution in [3.05, 3.63) is 55.0 Å². The van der Waals surface area contributed by atoms with Crippen LogP contribution in [0.15, 0.2) is 55.0 Å². The molecule has 1 aromatic carbocycles. The van der Waals surface area contributed by atoms with Crippen molar-refractivity contribution in [2.24, 2.45) is 0 Å². The molecular formula is C20H18N4O2. The number of hydrogen-bond acceptors (Lipinski definition) is 5. The van der Waals surface area contributed by atoms with Crippen molar-refractivity contribution in [2.45, 2.75) is 0 Å². The van der Waals surface area contributed by atoms with Gasteiger partial charge >= 0.3 is 0 Å². The summed E-state index contributed by atoms with van der Waals surface area (Å²) < 4.78 is 10.7. The Morgan fingerprint density at radius 1 is 0.846 bits per heavy atom. The lowest BCUT2D eigenvalue weighted by atomic mass is 10.0. The monoisotopic (exact) mass is 346 g/mol. The molecule has 0 aliphatic carbocycles. The van der Waals surface area contributed by atoms with E-state index in [-0.39, 0.29) is 0 Å². The number of H-pyrrole nitrogens is 1. The fourth-order valence-corrected chi connectivity index (χ4v) is 2.98. The molecule has 3 aromatic heterocycles. The third-order valence-electron chi connectivity index (χ3n) is 4.35. The van der Waals surface area contributed by atoms with Crippen LogP contribution in [-0.2, 0) is 0 Å². The minimum Gasteiger partial charge on any atom is -0.493 e. The van der Waals surface area contributed by atoms with Gasteiger partial charge in [0.05, 0.1) is 14.2 Å². The van der Waals surface area contributed by atoms with Crippen LogP contribution in [0.25, 0.3) is 33.3 Å². The molecule has 0 spiro atoms. The van der Waals surface area contributed by atoms with Crippen LogP contribution in [0.2, 0.25) is 0 Å². The zero-order valence-corrected chi connectivity index (χ0v) is 14.5. The lowest BCUT2D eigenvalue weighted by molar-refractivity contribution is 0.355. The summed E-state index contributed by atoms with van der Waals surface area (Å²) >= 11 is 0. The Kier molecular flexibility index (Phi) is 3.93. The molecule has 6 nitrogen and oxygen atoms in total. The zero-order valence-electron chi connectivity index (χ0n) is 14.5. The second-order valence-electron chi connectivity index (χ2n) is 5.86. The first-order chi connectivity index (χ1) is 12.7. The molecule has 130 valence electrons. The number of nitrogen functional groups attached to an aromatic ring is 1. The number of benzene rings is 1. The Labute approximate surface area is 150 Å². The maximum atomic E-state index is 5.69. The van der Waals surface area contributed by atoms with Gasteiger partial charge in [0.25, 0.3) is 0 Å². The van der Waals surface area contributed by atoms with E-state index in [2.05, 4.69) is 21.0 Å². The molecule has 3 N–H and O–H groups in total. The van der Waals surface area contributed by atoms with E-state index in [0.29, 0.717) is 17.3 Å². The van der Waals surface area contributed by atoms with Gasteiger partial charge < -0.3 is 20.2 Å². The molecule has 3 heterocycles. The average Bonchev–Trinajstić information content (AvgIpc) is 3.11. The molecule has 0 radical (unpaired) electrons. The third-order valence-corrected chi connectivity index (χ3v) is 4.35. The van der Waals surface area contributed by atoms with Gasteiger partial charge in [-0.05, 0) is 35.9 Å². The summed E-state index contributed by atoms with van der Waals surface area (Å²) in [6.45, 7) is 0. The van der Waals surface area contributed by atoms with Gasteiger partial charge in [-0.2, -0.15) is 0 Å². The van der Waals surface area contributed by atoms with Crippen LogP contribution in [0.1, 0.15) is 0 Å². The highest BCUT2D eigenvalue weighted by atomic mass is 16.5. The highest BCUT2D eigenvalue weighted by molar-refractivity contribution is 5.95. The van der Waals surface area contributed by atoms with E-state index < -0.39 is 0 Å². The Morgan fingerprint density at radius 3 is 2.35 bits per heavy atom. The average molecular weight is 346 g/mol. The topological polar surface area (TPSA) is 86.0 Å². The van der Waals surface area contributed by atoms with Gasteiger partial charge in [0.1, 0.15) is 11.5 Å². The largest absolute Gasteiger partial charge is 0.493 e. The number of nitrogens with zero attached hydrogens (tertiary/aromatic N) is 2. The number of fused-ring (bicyclic) bond motifs is 1. The summed E-state index contributed by atoms with van der Waals surface area (Å²) in [5.41, 5.74) is 10.5. The molecule has 0 unspecified atom stereocenters. The van der Waals surface area contributed by atoms with Gasteiger partial charge in [-0.25, -0.2) is 9.97 Å². The minimum atomic E-state index is 0.498. The first kappa shape index (κ1) is 16.0. The number of nitrogens with two attached hydrogens (primary N) is 1. The molecular weight excluding hydrogens is 328 g/mol. The number of pyridine rings is 2. The number of methoxy groups -OCH3 is 2. The van der Waals surface area contributed by atoms with E-state index >= 15 is 0 Å². The van der Waals surface area contributed by atoms with Gasteiger partial charge in [0, 0.05) is 40.7 Å². The maximum absolute atomic E-state index is 5.69.